The molecule has 4 heteroatoms. The fourth-order valence-corrected chi connectivity index (χ4v) is 2.92. The van der Waals surface area contributed by atoms with Crippen molar-refractivity contribution in [3.8, 4) is 0 Å². The molecule has 1 atom stereocenters. The fourth-order valence-electron chi connectivity index (χ4n) is 2.92. The number of anilines is 1. The number of nitrogens with one attached hydrogen (secondary N) is 1. The van der Waals surface area contributed by atoms with E-state index in [9.17, 15) is 4.79 Å². The average molecular weight is 276 g/mol. The molecule has 1 aromatic carbocycles. The Kier molecular flexibility index (Phi) is 5.15. The second kappa shape index (κ2) is 6.86. The molecule has 1 unspecified atom stereocenters. The molecule has 0 radical (unpaired) electrons. The molecule has 0 aliphatic carbocycles. The lowest BCUT2D eigenvalue weighted by atomic mass is 9.98. The van der Waals surface area contributed by atoms with Crippen LogP contribution >= 0.6 is 0 Å². The minimum atomic E-state index is -0.139. The number of nitrogens with zero attached hydrogens (tertiary/aromatic N) is 1. The summed E-state index contributed by atoms with van der Waals surface area (Å²) < 4.78 is 0. The van der Waals surface area contributed by atoms with Crippen molar-refractivity contribution in [1.29, 1.82) is 0 Å². The van der Waals surface area contributed by atoms with Gasteiger partial charge in [0.05, 0.1) is 12.6 Å². The molecule has 0 amide bonds. The average Bonchev–Trinajstić information content (AvgIpc) is 2.94. The molecule has 0 aromatic heterocycles. The molecule has 1 aromatic rings. The molecule has 0 bridgehead atoms. The Labute approximate surface area is 120 Å². The van der Waals surface area contributed by atoms with Gasteiger partial charge in [-0.3, -0.25) is 9.69 Å². The summed E-state index contributed by atoms with van der Waals surface area (Å²) in [5.41, 5.74) is 3.17. The molecule has 2 rings (SSSR count). The van der Waals surface area contributed by atoms with Crippen LogP contribution in [0.25, 0.3) is 0 Å². The zero-order valence-corrected chi connectivity index (χ0v) is 12.4. The number of aliphatic hydroxyl groups is 1. The lowest BCUT2D eigenvalue weighted by molar-refractivity contribution is 0.0787. The number of ketones is 1. The minimum absolute atomic E-state index is 0.0890. The van der Waals surface area contributed by atoms with Crippen LogP contribution in [0.2, 0.25) is 0 Å². The van der Waals surface area contributed by atoms with Gasteiger partial charge in [0.15, 0.2) is 5.78 Å². The first kappa shape index (κ1) is 15.0. The van der Waals surface area contributed by atoms with Crippen molar-refractivity contribution in [2.75, 3.05) is 31.6 Å². The fraction of sp³-hybridized carbons (Fsp3) is 0.562. The third-order valence-electron chi connectivity index (χ3n) is 4.02. The maximum Gasteiger partial charge on any atom is 0.179 e. The largest absolute Gasteiger partial charge is 0.395 e. The van der Waals surface area contributed by atoms with E-state index in [0.717, 1.165) is 37.2 Å². The number of hydrogen-bond acceptors (Lipinski definition) is 4. The van der Waals surface area contributed by atoms with Crippen LogP contribution in [0.3, 0.4) is 0 Å². The summed E-state index contributed by atoms with van der Waals surface area (Å²) in [5, 5.41) is 12.4. The molecular weight excluding hydrogens is 252 g/mol. The molecule has 4 nitrogen and oxygen atoms in total. The first-order valence-electron chi connectivity index (χ1n) is 7.47. The second-order valence-corrected chi connectivity index (χ2v) is 5.19. The van der Waals surface area contributed by atoms with Crippen molar-refractivity contribution >= 4 is 11.5 Å². The van der Waals surface area contributed by atoms with Gasteiger partial charge in [0.2, 0.25) is 0 Å². The van der Waals surface area contributed by atoms with Crippen LogP contribution in [0.5, 0.6) is 0 Å². The maximum absolute atomic E-state index is 12.7. The van der Waals surface area contributed by atoms with Gasteiger partial charge >= 0.3 is 0 Å². The Bertz CT molecular complexity index is 474. The number of hydrogen-bond donors (Lipinski definition) is 2. The van der Waals surface area contributed by atoms with Crippen LogP contribution in [0.1, 0.15) is 36.2 Å². The van der Waals surface area contributed by atoms with Crippen molar-refractivity contribution in [1.82, 2.24) is 4.90 Å². The van der Waals surface area contributed by atoms with Crippen molar-refractivity contribution < 1.29 is 9.90 Å². The normalized spacial score (nSPS) is 15.0. The van der Waals surface area contributed by atoms with E-state index in [1.807, 2.05) is 36.9 Å². The zero-order chi connectivity index (χ0) is 14.5. The number of likely N-dealkylation sites (N-methyl/N-ethyl adjacent to an activating group) is 1. The molecule has 1 aliphatic heterocycles. The Morgan fingerprint density at radius 3 is 2.90 bits per heavy atom. The Morgan fingerprint density at radius 1 is 1.45 bits per heavy atom. The van der Waals surface area contributed by atoms with Gasteiger partial charge in [-0.25, -0.2) is 0 Å². The molecule has 0 fully saturated rings. The van der Waals surface area contributed by atoms with Crippen LogP contribution in [0, 0.1) is 0 Å². The van der Waals surface area contributed by atoms with E-state index in [4.69, 9.17) is 5.11 Å². The zero-order valence-electron chi connectivity index (χ0n) is 12.4. The monoisotopic (exact) mass is 276 g/mol. The number of carbonyl (C=O) groups excluding carboxylic acids is 1. The summed E-state index contributed by atoms with van der Waals surface area (Å²) in [7, 11) is 0. The summed E-state index contributed by atoms with van der Waals surface area (Å²) in [5.74, 6) is 0.164. The van der Waals surface area contributed by atoms with E-state index in [0.29, 0.717) is 6.54 Å². The Hall–Kier alpha value is -1.39. The molecule has 2 N–H and O–H groups in total. The third-order valence-corrected chi connectivity index (χ3v) is 4.02. The van der Waals surface area contributed by atoms with Crippen molar-refractivity contribution in [2.45, 2.75) is 32.7 Å². The Morgan fingerprint density at radius 2 is 2.25 bits per heavy atom. The molecule has 0 saturated heterocycles. The van der Waals surface area contributed by atoms with E-state index in [1.165, 1.54) is 5.56 Å². The summed E-state index contributed by atoms with van der Waals surface area (Å²) >= 11 is 0. The molecule has 0 spiro atoms. The highest BCUT2D eigenvalue weighted by atomic mass is 16.3. The molecule has 0 saturated carbocycles. The van der Waals surface area contributed by atoms with E-state index in [-0.39, 0.29) is 18.4 Å². The van der Waals surface area contributed by atoms with Gasteiger partial charge in [-0.15, -0.1) is 0 Å². The smallest absolute Gasteiger partial charge is 0.179 e. The first-order valence-corrected chi connectivity index (χ1v) is 7.47. The SMILES string of the molecule is CCC(C(=O)c1ccc2c(c1)CCN2)N(CC)CCO. The number of fused-ring (bicyclic) bond motifs is 1. The van der Waals surface area contributed by atoms with E-state index < -0.39 is 0 Å². The number of rotatable bonds is 7. The van der Waals surface area contributed by atoms with Gasteiger partial charge in [0, 0.05) is 24.3 Å². The lowest BCUT2D eigenvalue weighted by Crippen LogP contribution is -2.42. The van der Waals surface area contributed by atoms with E-state index >= 15 is 0 Å². The van der Waals surface area contributed by atoms with Crippen LogP contribution in [0.4, 0.5) is 5.69 Å². The van der Waals surface area contributed by atoms with Crippen LogP contribution < -0.4 is 5.32 Å². The van der Waals surface area contributed by atoms with Gasteiger partial charge in [-0.05, 0) is 43.1 Å². The molecule has 1 heterocycles. The summed E-state index contributed by atoms with van der Waals surface area (Å²) in [6.45, 7) is 6.42. The van der Waals surface area contributed by atoms with Crippen molar-refractivity contribution in [3.05, 3.63) is 29.3 Å². The molecule has 110 valence electrons. The van der Waals surface area contributed by atoms with Crippen molar-refractivity contribution in [3.63, 3.8) is 0 Å². The molecular formula is C16H24N2O2. The van der Waals surface area contributed by atoms with Gasteiger partial charge in [0.1, 0.15) is 0 Å². The lowest BCUT2D eigenvalue weighted by Gasteiger charge is -2.28. The van der Waals surface area contributed by atoms with Crippen LogP contribution in [-0.4, -0.2) is 48.1 Å². The number of benzene rings is 1. The number of Topliss-reactive ketones (excluding diaryl/α,β-unsaturated/α-hetero) is 1. The third kappa shape index (κ3) is 3.02. The summed E-state index contributed by atoms with van der Waals surface area (Å²) in [4.78, 5) is 14.8. The number of carbonyl (C=O) groups is 1. The van der Waals surface area contributed by atoms with E-state index in [1.54, 1.807) is 0 Å². The van der Waals surface area contributed by atoms with Crippen LogP contribution in [-0.2, 0) is 6.42 Å². The Balaban J connectivity index is 2.19. The molecule has 1 aliphatic rings. The molecule has 20 heavy (non-hydrogen) atoms. The second-order valence-electron chi connectivity index (χ2n) is 5.19. The highest BCUT2D eigenvalue weighted by molar-refractivity contribution is 6.00. The minimum Gasteiger partial charge on any atom is -0.395 e. The summed E-state index contributed by atoms with van der Waals surface area (Å²) in [6.07, 6.45) is 1.75. The first-order chi connectivity index (χ1) is 9.71. The predicted molar refractivity (Wildman–Crippen MR) is 81.4 cm³/mol. The summed E-state index contributed by atoms with van der Waals surface area (Å²) in [6, 6.07) is 5.80. The van der Waals surface area contributed by atoms with Gasteiger partial charge in [-0.1, -0.05) is 13.8 Å². The van der Waals surface area contributed by atoms with Gasteiger partial charge < -0.3 is 10.4 Å². The van der Waals surface area contributed by atoms with Gasteiger partial charge in [-0.2, -0.15) is 0 Å². The maximum atomic E-state index is 12.7. The van der Waals surface area contributed by atoms with Crippen molar-refractivity contribution in [2.24, 2.45) is 0 Å². The predicted octanol–water partition coefficient (Wildman–Crippen LogP) is 1.93. The van der Waals surface area contributed by atoms with Crippen LogP contribution in [0.15, 0.2) is 18.2 Å². The quantitative estimate of drug-likeness (QED) is 0.747. The standard InChI is InChI=1S/C16H24N2O2/c1-3-15(18(4-2)9-10-19)16(20)13-5-6-14-12(11-13)7-8-17-14/h5-6,11,15,17,19H,3-4,7-10H2,1-2H3. The highest BCUT2D eigenvalue weighted by Gasteiger charge is 2.24. The number of aliphatic hydroxyl groups excluding tert-OH is 1. The highest BCUT2D eigenvalue weighted by Crippen LogP contribution is 2.24. The topological polar surface area (TPSA) is 52.6 Å². The van der Waals surface area contributed by atoms with Gasteiger partial charge in [0.25, 0.3) is 0 Å². The van der Waals surface area contributed by atoms with E-state index in [2.05, 4.69) is 5.32 Å².